The number of hydrogen-bond acceptors (Lipinski definition) is 3. The maximum atomic E-state index is 9.98. The summed E-state index contributed by atoms with van der Waals surface area (Å²) in [5.41, 5.74) is 3.23. The highest BCUT2D eigenvalue weighted by Crippen LogP contribution is 2.35. The molecule has 0 aliphatic heterocycles. The highest BCUT2D eigenvalue weighted by molar-refractivity contribution is 5.67. The third-order valence-corrected chi connectivity index (χ3v) is 4.47. The quantitative estimate of drug-likeness (QED) is 0.590. The van der Waals surface area contributed by atoms with Crippen LogP contribution in [-0.4, -0.2) is 11.7 Å². The molecule has 3 heteroatoms. The maximum Gasteiger partial charge on any atom is 0.133 e. The van der Waals surface area contributed by atoms with Gasteiger partial charge in [-0.2, -0.15) is 0 Å². The normalized spacial score (nSPS) is 13.9. The Hall–Kier alpha value is -2.68. The van der Waals surface area contributed by atoms with Crippen molar-refractivity contribution in [1.29, 1.82) is 0 Å². The fourth-order valence-electron chi connectivity index (χ4n) is 2.91. The van der Waals surface area contributed by atoms with Crippen molar-refractivity contribution in [2.45, 2.75) is 39.5 Å². The van der Waals surface area contributed by atoms with Gasteiger partial charge in [-0.3, -0.25) is 0 Å². The van der Waals surface area contributed by atoms with E-state index in [2.05, 4.69) is 12.1 Å². The van der Waals surface area contributed by atoms with Crippen molar-refractivity contribution < 1.29 is 14.6 Å². The second kappa shape index (κ2) is 8.61. The van der Waals surface area contributed by atoms with Crippen molar-refractivity contribution in [1.82, 2.24) is 0 Å². The van der Waals surface area contributed by atoms with Crippen molar-refractivity contribution in [3.8, 4) is 11.5 Å². The molecule has 0 atom stereocenters. The van der Waals surface area contributed by atoms with Gasteiger partial charge in [0.05, 0.1) is 6.61 Å². The van der Waals surface area contributed by atoms with Crippen LogP contribution in [0, 0.1) is 0 Å². The molecule has 1 aliphatic carbocycles. The number of rotatable bonds is 7. The summed E-state index contributed by atoms with van der Waals surface area (Å²) in [6.07, 6.45) is 5.99. The van der Waals surface area contributed by atoms with Crippen LogP contribution < -0.4 is 9.47 Å². The minimum absolute atomic E-state index is 0.308. The first kappa shape index (κ1) is 18.1. The van der Waals surface area contributed by atoms with Crippen LogP contribution in [0.5, 0.6) is 11.5 Å². The lowest BCUT2D eigenvalue weighted by Crippen LogP contribution is -2.06. The average molecular weight is 350 g/mol. The number of hydrogen-bond donors (Lipinski definition) is 1. The highest BCUT2D eigenvalue weighted by Gasteiger charge is 2.18. The molecule has 0 spiro atoms. The topological polar surface area (TPSA) is 38.7 Å². The molecule has 0 aromatic heterocycles. The Morgan fingerprint density at radius 1 is 0.923 bits per heavy atom. The fourth-order valence-corrected chi connectivity index (χ4v) is 2.91. The summed E-state index contributed by atoms with van der Waals surface area (Å²) in [6, 6.07) is 15.7. The number of aliphatic hydroxyl groups excluding tert-OH is 1. The Bertz CT molecular complexity index is 777. The predicted molar refractivity (Wildman–Crippen MR) is 106 cm³/mol. The Morgan fingerprint density at radius 2 is 1.54 bits per heavy atom. The first-order valence-electron chi connectivity index (χ1n) is 9.34. The van der Waals surface area contributed by atoms with E-state index in [1.54, 1.807) is 6.08 Å². The van der Waals surface area contributed by atoms with E-state index in [9.17, 15) is 5.11 Å². The average Bonchev–Trinajstić information content (AvgIpc) is 2.61. The fraction of sp³-hybridized carbons (Fsp3) is 0.304. The highest BCUT2D eigenvalue weighted by atomic mass is 16.5. The van der Waals surface area contributed by atoms with Gasteiger partial charge in [0.25, 0.3) is 0 Å². The molecule has 0 bridgehead atoms. The van der Waals surface area contributed by atoms with Gasteiger partial charge in [-0.05, 0) is 92.8 Å². The summed E-state index contributed by atoms with van der Waals surface area (Å²) in [5, 5.41) is 9.98. The largest absolute Gasteiger partial charge is 0.508 e. The molecule has 0 amide bonds. The zero-order valence-electron chi connectivity index (χ0n) is 15.5. The van der Waals surface area contributed by atoms with Gasteiger partial charge in [0.15, 0.2) is 0 Å². The molecule has 2 aromatic carbocycles. The summed E-state index contributed by atoms with van der Waals surface area (Å²) < 4.78 is 11.8. The lowest BCUT2D eigenvalue weighted by molar-refractivity contribution is 0.340. The van der Waals surface area contributed by atoms with Crippen LogP contribution >= 0.6 is 0 Å². The zero-order valence-corrected chi connectivity index (χ0v) is 15.5. The van der Waals surface area contributed by atoms with Crippen molar-refractivity contribution in [3.05, 3.63) is 71.3 Å². The number of allylic oxidation sites excluding steroid dienone is 2. The van der Waals surface area contributed by atoms with Gasteiger partial charge in [0, 0.05) is 11.1 Å². The van der Waals surface area contributed by atoms with Crippen LogP contribution in [0.4, 0.5) is 0 Å². The zero-order chi connectivity index (χ0) is 18.4. The van der Waals surface area contributed by atoms with E-state index in [1.807, 2.05) is 50.2 Å². The predicted octanol–water partition coefficient (Wildman–Crippen LogP) is 6.37. The van der Waals surface area contributed by atoms with Crippen LogP contribution in [0.15, 0.2) is 60.2 Å². The van der Waals surface area contributed by atoms with Crippen molar-refractivity contribution in [2.75, 3.05) is 6.61 Å². The van der Waals surface area contributed by atoms with Crippen LogP contribution in [0.2, 0.25) is 0 Å². The summed E-state index contributed by atoms with van der Waals surface area (Å²) in [6.45, 7) is 4.65. The Labute approximate surface area is 155 Å². The Balaban J connectivity index is 1.81. The van der Waals surface area contributed by atoms with E-state index >= 15 is 0 Å². The molecule has 136 valence electrons. The van der Waals surface area contributed by atoms with Gasteiger partial charge in [-0.25, -0.2) is 0 Å². The van der Waals surface area contributed by atoms with Crippen LogP contribution in [-0.2, 0) is 0 Å². The summed E-state index contributed by atoms with van der Waals surface area (Å²) in [4.78, 5) is 0. The molecule has 0 unspecified atom stereocenters. The van der Waals surface area contributed by atoms with E-state index in [-0.39, 0.29) is 0 Å². The number of ether oxygens (including phenoxy) is 2. The molecule has 3 rings (SSSR count). The maximum absolute atomic E-state index is 9.98. The summed E-state index contributed by atoms with van der Waals surface area (Å²) >= 11 is 0. The van der Waals surface area contributed by atoms with Crippen molar-refractivity contribution in [2.24, 2.45) is 0 Å². The lowest BCUT2D eigenvalue weighted by atomic mass is 9.89. The SMILES string of the molecule is CC/C=C(/O)c1ccc(OC(=C2CCC2)c2ccc(OCC)cc2)cc1. The smallest absolute Gasteiger partial charge is 0.133 e. The molecule has 0 heterocycles. The number of benzene rings is 2. The third kappa shape index (κ3) is 4.29. The minimum Gasteiger partial charge on any atom is -0.508 e. The van der Waals surface area contributed by atoms with Crippen molar-refractivity contribution in [3.63, 3.8) is 0 Å². The first-order valence-corrected chi connectivity index (χ1v) is 9.34. The van der Waals surface area contributed by atoms with Crippen molar-refractivity contribution >= 4 is 11.5 Å². The van der Waals surface area contributed by atoms with Gasteiger partial charge >= 0.3 is 0 Å². The molecule has 1 saturated carbocycles. The molecular weight excluding hydrogens is 324 g/mol. The van der Waals surface area contributed by atoms with Gasteiger partial charge in [0.2, 0.25) is 0 Å². The molecule has 26 heavy (non-hydrogen) atoms. The van der Waals surface area contributed by atoms with Gasteiger partial charge in [0.1, 0.15) is 23.0 Å². The molecule has 0 radical (unpaired) electrons. The summed E-state index contributed by atoms with van der Waals surface area (Å²) in [7, 11) is 0. The molecule has 1 N–H and O–H groups in total. The molecular formula is C23H26O3. The van der Waals surface area contributed by atoms with Crippen LogP contribution in [0.25, 0.3) is 11.5 Å². The van der Waals surface area contributed by atoms with E-state index in [0.29, 0.717) is 12.4 Å². The van der Waals surface area contributed by atoms with E-state index in [1.165, 1.54) is 12.0 Å². The second-order valence-electron chi connectivity index (χ2n) is 6.37. The monoisotopic (exact) mass is 350 g/mol. The Kier molecular flexibility index (Phi) is 6.00. The molecule has 0 saturated heterocycles. The standard InChI is InChI=1S/C23H26O3/c1-3-6-22(24)17-9-15-21(16-10-17)26-23(18-7-5-8-18)19-11-13-20(14-12-19)25-4-2/h6,9-16,24H,3-5,7-8H2,1-2H3/b22-6+. The molecule has 1 fully saturated rings. The Morgan fingerprint density at radius 3 is 2.08 bits per heavy atom. The lowest BCUT2D eigenvalue weighted by Gasteiger charge is -2.22. The van der Waals surface area contributed by atoms with Gasteiger partial charge in [-0.15, -0.1) is 0 Å². The third-order valence-electron chi connectivity index (χ3n) is 4.47. The van der Waals surface area contributed by atoms with E-state index < -0.39 is 0 Å². The molecule has 1 aliphatic rings. The van der Waals surface area contributed by atoms with Crippen LogP contribution in [0.1, 0.15) is 50.7 Å². The van der Waals surface area contributed by atoms with E-state index in [4.69, 9.17) is 9.47 Å². The first-order chi connectivity index (χ1) is 12.7. The number of aliphatic hydroxyl groups is 1. The van der Waals surface area contributed by atoms with Gasteiger partial charge < -0.3 is 14.6 Å². The summed E-state index contributed by atoms with van der Waals surface area (Å²) in [5.74, 6) is 2.90. The van der Waals surface area contributed by atoms with Gasteiger partial charge in [-0.1, -0.05) is 6.92 Å². The second-order valence-corrected chi connectivity index (χ2v) is 6.37. The molecule has 2 aromatic rings. The van der Waals surface area contributed by atoms with E-state index in [0.717, 1.165) is 47.6 Å². The van der Waals surface area contributed by atoms with Crippen LogP contribution in [0.3, 0.4) is 0 Å². The minimum atomic E-state index is 0.308. The molecule has 3 nitrogen and oxygen atoms in total.